The molecule has 4 rings (SSSR count). The molecule has 2 fully saturated rings. The van der Waals surface area contributed by atoms with Crippen LogP contribution in [0, 0.1) is 17.8 Å². The molecule has 0 radical (unpaired) electrons. The van der Waals surface area contributed by atoms with Crippen LogP contribution in [0.2, 0.25) is 0 Å². The number of nitrogens with one attached hydrogen (secondary N) is 1. The molecule has 138 valence electrons. The van der Waals surface area contributed by atoms with Crippen molar-refractivity contribution in [2.75, 3.05) is 7.11 Å². The molecule has 0 unspecified atom stereocenters. The number of aromatic nitrogens is 3. The second-order valence-electron chi connectivity index (χ2n) is 8.12. The Morgan fingerprint density at radius 2 is 2.04 bits per heavy atom. The number of hydrogen-bond acceptors (Lipinski definition) is 4. The van der Waals surface area contributed by atoms with Gasteiger partial charge in [0.15, 0.2) is 5.82 Å². The van der Waals surface area contributed by atoms with E-state index in [1.165, 1.54) is 32.1 Å². The largest absolute Gasteiger partial charge is 0.377 e. The molecule has 0 bridgehead atoms. The van der Waals surface area contributed by atoms with Crippen molar-refractivity contribution in [3.05, 3.63) is 11.6 Å². The Kier molecular flexibility index (Phi) is 5.06. The summed E-state index contributed by atoms with van der Waals surface area (Å²) in [6, 6.07) is 0.182. The van der Waals surface area contributed by atoms with E-state index in [9.17, 15) is 4.79 Å². The first kappa shape index (κ1) is 17.0. The molecule has 0 saturated heterocycles. The van der Waals surface area contributed by atoms with Gasteiger partial charge in [-0.3, -0.25) is 4.79 Å². The van der Waals surface area contributed by atoms with Crippen molar-refractivity contribution in [1.82, 2.24) is 20.1 Å². The van der Waals surface area contributed by atoms with Gasteiger partial charge < -0.3 is 10.1 Å². The molecular weight excluding hydrogens is 316 g/mol. The van der Waals surface area contributed by atoms with E-state index in [-0.39, 0.29) is 17.9 Å². The van der Waals surface area contributed by atoms with Crippen LogP contribution in [0.5, 0.6) is 0 Å². The fourth-order valence-corrected chi connectivity index (χ4v) is 5.10. The van der Waals surface area contributed by atoms with Crippen molar-refractivity contribution in [3.8, 4) is 0 Å². The van der Waals surface area contributed by atoms with E-state index < -0.39 is 0 Å². The van der Waals surface area contributed by atoms with Gasteiger partial charge >= 0.3 is 0 Å². The molecule has 1 aromatic heterocycles. The van der Waals surface area contributed by atoms with E-state index in [1.54, 1.807) is 7.11 Å². The molecule has 0 aromatic carbocycles. The maximum atomic E-state index is 12.8. The van der Waals surface area contributed by atoms with E-state index in [2.05, 4.69) is 15.4 Å². The van der Waals surface area contributed by atoms with Gasteiger partial charge in [0.1, 0.15) is 12.4 Å². The number of ether oxygens (including phenoxy) is 1. The highest BCUT2D eigenvalue weighted by atomic mass is 16.5. The van der Waals surface area contributed by atoms with Crippen molar-refractivity contribution < 1.29 is 9.53 Å². The number of carbonyl (C=O) groups excluding carboxylic acids is 1. The van der Waals surface area contributed by atoms with Gasteiger partial charge in [-0.15, -0.1) is 0 Å². The predicted molar refractivity (Wildman–Crippen MR) is 93.8 cm³/mol. The Labute approximate surface area is 149 Å². The molecule has 1 aromatic rings. The zero-order valence-corrected chi connectivity index (χ0v) is 15.2. The second kappa shape index (κ2) is 7.44. The van der Waals surface area contributed by atoms with Gasteiger partial charge in [0, 0.05) is 25.5 Å². The molecule has 2 saturated carbocycles. The lowest BCUT2D eigenvalue weighted by Gasteiger charge is -2.39. The number of fused-ring (bicyclic) bond motifs is 2. The van der Waals surface area contributed by atoms with E-state index in [1.807, 2.05) is 4.68 Å². The van der Waals surface area contributed by atoms with Gasteiger partial charge in [0.2, 0.25) is 5.91 Å². The topological polar surface area (TPSA) is 69.0 Å². The average Bonchev–Trinajstić information content (AvgIpc) is 3.03. The minimum atomic E-state index is 0.182. The lowest BCUT2D eigenvalue weighted by atomic mass is 9.67. The highest BCUT2D eigenvalue weighted by Gasteiger charge is 2.35. The molecule has 3 aliphatic rings. The first-order valence-electron chi connectivity index (χ1n) is 9.95. The van der Waals surface area contributed by atoms with Gasteiger partial charge in [0.25, 0.3) is 0 Å². The highest BCUT2D eigenvalue weighted by molar-refractivity contribution is 5.79. The SMILES string of the molecule is COCc1nc2n(n1)C[C@H](NC(=O)[C@@H]1CC[C@@H]3CCCC[C@H]3C1)CC2. The zero-order valence-electron chi connectivity index (χ0n) is 15.2. The van der Waals surface area contributed by atoms with Crippen LogP contribution in [0.3, 0.4) is 0 Å². The standard InChI is InChI=1S/C19H30N4O2/c1-25-12-17-21-18-9-8-16(11-23(18)22-17)20-19(24)15-7-6-13-4-2-3-5-14(13)10-15/h13-16H,2-12H2,1H3,(H,20,24)/t13-,14-,15+,16+/m0/s1. The molecule has 4 atom stereocenters. The maximum absolute atomic E-state index is 12.8. The Hall–Kier alpha value is -1.43. The molecule has 1 aliphatic heterocycles. The van der Waals surface area contributed by atoms with Crippen molar-refractivity contribution in [1.29, 1.82) is 0 Å². The summed E-state index contributed by atoms with van der Waals surface area (Å²) in [5.41, 5.74) is 0. The van der Waals surface area contributed by atoms with Gasteiger partial charge in [0.05, 0.1) is 6.54 Å². The normalized spacial score (nSPS) is 31.9. The van der Waals surface area contributed by atoms with E-state index >= 15 is 0 Å². The quantitative estimate of drug-likeness (QED) is 0.909. The molecule has 25 heavy (non-hydrogen) atoms. The van der Waals surface area contributed by atoms with Crippen LogP contribution < -0.4 is 5.32 Å². The summed E-state index contributed by atoms with van der Waals surface area (Å²) in [7, 11) is 1.66. The monoisotopic (exact) mass is 346 g/mol. The number of nitrogens with zero attached hydrogens (tertiary/aromatic N) is 3. The molecule has 1 N–H and O–H groups in total. The first-order chi connectivity index (χ1) is 12.2. The summed E-state index contributed by atoms with van der Waals surface area (Å²) in [4.78, 5) is 17.3. The van der Waals surface area contributed by atoms with Crippen LogP contribution in [-0.2, 0) is 29.1 Å². The van der Waals surface area contributed by atoms with Gasteiger partial charge in [-0.25, -0.2) is 9.67 Å². The molecular formula is C19H30N4O2. The zero-order chi connectivity index (χ0) is 17.2. The number of hydrogen-bond donors (Lipinski definition) is 1. The van der Waals surface area contributed by atoms with E-state index in [0.717, 1.165) is 55.7 Å². The third kappa shape index (κ3) is 3.73. The third-order valence-electron chi connectivity index (χ3n) is 6.43. The van der Waals surface area contributed by atoms with E-state index in [4.69, 9.17) is 4.74 Å². The molecule has 6 nitrogen and oxygen atoms in total. The summed E-state index contributed by atoms with van der Waals surface area (Å²) in [5, 5.41) is 7.80. The summed E-state index contributed by atoms with van der Waals surface area (Å²) >= 11 is 0. The Morgan fingerprint density at radius 3 is 2.88 bits per heavy atom. The fraction of sp³-hybridized carbons (Fsp3) is 0.842. The van der Waals surface area contributed by atoms with Gasteiger partial charge in [-0.2, -0.15) is 5.10 Å². The smallest absolute Gasteiger partial charge is 0.223 e. The highest BCUT2D eigenvalue weighted by Crippen LogP contribution is 2.42. The van der Waals surface area contributed by atoms with Crippen LogP contribution in [0.15, 0.2) is 0 Å². The minimum Gasteiger partial charge on any atom is -0.377 e. The first-order valence-corrected chi connectivity index (χ1v) is 9.95. The average molecular weight is 346 g/mol. The maximum Gasteiger partial charge on any atom is 0.223 e. The van der Waals surface area contributed by atoms with Crippen molar-refractivity contribution >= 4 is 5.91 Å². The molecule has 0 spiro atoms. The summed E-state index contributed by atoms with van der Waals surface area (Å²) in [6.45, 7) is 1.18. The summed E-state index contributed by atoms with van der Waals surface area (Å²) in [6.07, 6.45) is 10.7. The van der Waals surface area contributed by atoms with Gasteiger partial charge in [-0.1, -0.05) is 25.7 Å². The summed E-state index contributed by atoms with van der Waals surface area (Å²) < 4.78 is 7.06. The lowest BCUT2D eigenvalue weighted by Crippen LogP contribution is -2.45. The summed E-state index contributed by atoms with van der Waals surface area (Å²) in [5.74, 6) is 3.93. The molecule has 1 amide bonds. The number of carbonyl (C=O) groups is 1. The lowest BCUT2D eigenvalue weighted by molar-refractivity contribution is -0.128. The van der Waals surface area contributed by atoms with Crippen LogP contribution in [0.1, 0.15) is 63.0 Å². The number of amides is 1. The number of methoxy groups -OCH3 is 1. The van der Waals surface area contributed by atoms with Crippen LogP contribution in [0.25, 0.3) is 0 Å². The molecule has 2 aliphatic carbocycles. The third-order valence-corrected chi connectivity index (χ3v) is 6.43. The van der Waals surface area contributed by atoms with Crippen molar-refractivity contribution in [2.24, 2.45) is 17.8 Å². The predicted octanol–water partition coefficient (Wildman–Crippen LogP) is 2.46. The fourth-order valence-electron chi connectivity index (χ4n) is 5.10. The number of aryl methyl sites for hydroxylation is 1. The molecule has 6 heteroatoms. The Morgan fingerprint density at radius 1 is 1.20 bits per heavy atom. The van der Waals surface area contributed by atoms with Crippen molar-refractivity contribution in [3.63, 3.8) is 0 Å². The van der Waals surface area contributed by atoms with Crippen molar-refractivity contribution in [2.45, 2.75) is 77.0 Å². The van der Waals surface area contributed by atoms with Crippen LogP contribution >= 0.6 is 0 Å². The van der Waals surface area contributed by atoms with Gasteiger partial charge in [-0.05, 0) is 37.5 Å². The second-order valence-corrected chi connectivity index (χ2v) is 8.12. The van der Waals surface area contributed by atoms with Crippen LogP contribution in [-0.4, -0.2) is 33.8 Å². The Balaban J connectivity index is 1.32. The minimum absolute atomic E-state index is 0.182. The Bertz CT molecular complexity index is 615. The molecule has 2 heterocycles. The number of rotatable bonds is 4. The van der Waals surface area contributed by atoms with Crippen LogP contribution in [0.4, 0.5) is 0 Å². The van der Waals surface area contributed by atoms with E-state index in [0.29, 0.717) is 6.61 Å².